The van der Waals surface area contributed by atoms with Crippen LogP contribution in [0.1, 0.15) is 15.9 Å². The van der Waals surface area contributed by atoms with Gasteiger partial charge in [-0.3, -0.25) is 4.72 Å². The molecule has 0 unspecified atom stereocenters. The second-order valence-corrected chi connectivity index (χ2v) is 6.58. The number of anilines is 1. The van der Waals surface area contributed by atoms with Crippen LogP contribution in [0.3, 0.4) is 0 Å². The molecule has 0 saturated carbocycles. The molecular weight excluding hydrogens is 332 g/mol. The number of hydrogen-bond donors (Lipinski definition) is 2. The standard InChI is InChI=1S/C16H18N2O5S/c1-22-14-3-5-15(6-4-14)24(20,21)18-13-8-11(10-17)7-12(9-13)16(19)23-2/h3-9,18H,10,17H2,1-2H3. The van der Waals surface area contributed by atoms with E-state index in [-0.39, 0.29) is 22.7 Å². The Kier molecular flexibility index (Phi) is 5.42. The number of nitrogens with one attached hydrogen (secondary N) is 1. The molecule has 0 fully saturated rings. The number of ether oxygens (including phenoxy) is 2. The van der Waals surface area contributed by atoms with E-state index in [1.807, 2.05) is 0 Å². The summed E-state index contributed by atoms with van der Waals surface area (Å²) in [5.41, 5.74) is 6.64. The maximum absolute atomic E-state index is 12.5. The zero-order valence-electron chi connectivity index (χ0n) is 13.3. The van der Waals surface area contributed by atoms with Crippen LogP contribution < -0.4 is 15.2 Å². The number of sulfonamides is 1. The minimum atomic E-state index is -3.81. The highest BCUT2D eigenvalue weighted by Crippen LogP contribution is 2.21. The van der Waals surface area contributed by atoms with Crippen molar-refractivity contribution in [3.8, 4) is 5.75 Å². The molecule has 0 heterocycles. The molecule has 0 atom stereocenters. The lowest BCUT2D eigenvalue weighted by atomic mass is 10.1. The van der Waals surface area contributed by atoms with Crippen LogP contribution in [0.5, 0.6) is 5.75 Å². The predicted molar refractivity (Wildman–Crippen MR) is 89.5 cm³/mol. The van der Waals surface area contributed by atoms with Gasteiger partial charge in [0, 0.05) is 12.2 Å². The molecule has 0 radical (unpaired) electrons. The maximum Gasteiger partial charge on any atom is 0.337 e. The first-order valence-electron chi connectivity index (χ1n) is 6.99. The average molecular weight is 350 g/mol. The van der Waals surface area contributed by atoms with Gasteiger partial charge in [-0.05, 0) is 48.0 Å². The van der Waals surface area contributed by atoms with Gasteiger partial charge >= 0.3 is 5.97 Å². The summed E-state index contributed by atoms with van der Waals surface area (Å²) >= 11 is 0. The Morgan fingerprint density at radius 2 is 1.79 bits per heavy atom. The Hall–Kier alpha value is -2.58. The summed E-state index contributed by atoms with van der Waals surface area (Å²) in [7, 11) is -1.07. The molecule has 0 aliphatic carbocycles. The molecule has 2 aromatic carbocycles. The van der Waals surface area contributed by atoms with E-state index in [0.717, 1.165) is 0 Å². The number of esters is 1. The fourth-order valence-corrected chi connectivity index (χ4v) is 3.11. The highest BCUT2D eigenvalue weighted by Gasteiger charge is 2.16. The fourth-order valence-electron chi connectivity index (χ4n) is 2.07. The molecule has 2 rings (SSSR count). The second-order valence-electron chi connectivity index (χ2n) is 4.90. The highest BCUT2D eigenvalue weighted by atomic mass is 32.2. The van der Waals surface area contributed by atoms with Crippen molar-refractivity contribution < 1.29 is 22.7 Å². The summed E-state index contributed by atoms with van der Waals surface area (Å²) in [5, 5.41) is 0. The van der Waals surface area contributed by atoms with Gasteiger partial charge in [0.25, 0.3) is 10.0 Å². The topological polar surface area (TPSA) is 108 Å². The Morgan fingerprint density at radius 1 is 1.12 bits per heavy atom. The first-order chi connectivity index (χ1) is 11.4. The summed E-state index contributed by atoms with van der Waals surface area (Å²) in [6.07, 6.45) is 0. The molecule has 0 aliphatic rings. The molecule has 0 aromatic heterocycles. The number of carbonyl (C=O) groups is 1. The summed E-state index contributed by atoms with van der Waals surface area (Å²) in [6.45, 7) is 0.155. The zero-order valence-corrected chi connectivity index (χ0v) is 14.1. The van der Waals surface area contributed by atoms with Crippen LogP contribution in [0, 0.1) is 0 Å². The average Bonchev–Trinajstić information content (AvgIpc) is 2.60. The van der Waals surface area contributed by atoms with Crippen LogP contribution >= 0.6 is 0 Å². The van der Waals surface area contributed by atoms with Crippen molar-refractivity contribution in [2.24, 2.45) is 5.73 Å². The number of hydrogen-bond acceptors (Lipinski definition) is 6. The first kappa shape index (κ1) is 17.8. The molecule has 7 nitrogen and oxygen atoms in total. The Morgan fingerprint density at radius 3 is 2.33 bits per heavy atom. The normalized spacial score (nSPS) is 11.0. The summed E-state index contributed by atoms with van der Waals surface area (Å²) in [5.74, 6) is -0.0257. The van der Waals surface area contributed by atoms with Crippen LogP contribution in [-0.2, 0) is 21.3 Å². The van der Waals surface area contributed by atoms with Crippen molar-refractivity contribution in [2.45, 2.75) is 11.4 Å². The fraction of sp³-hybridized carbons (Fsp3) is 0.188. The molecule has 0 saturated heterocycles. The van der Waals surface area contributed by atoms with Crippen LogP contribution in [0.25, 0.3) is 0 Å². The predicted octanol–water partition coefficient (Wildman–Crippen LogP) is 1.74. The van der Waals surface area contributed by atoms with E-state index in [2.05, 4.69) is 9.46 Å². The first-order valence-corrected chi connectivity index (χ1v) is 8.47. The number of rotatable bonds is 6. The van der Waals surface area contributed by atoms with E-state index in [9.17, 15) is 13.2 Å². The number of methoxy groups -OCH3 is 2. The minimum Gasteiger partial charge on any atom is -0.497 e. The highest BCUT2D eigenvalue weighted by molar-refractivity contribution is 7.92. The van der Waals surface area contributed by atoms with Crippen LogP contribution in [-0.4, -0.2) is 28.6 Å². The van der Waals surface area contributed by atoms with E-state index in [0.29, 0.717) is 11.3 Å². The quantitative estimate of drug-likeness (QED) is 0.768. The van der Waals surface area contributed by atoms with Gasteiger partial charge in [0.1, 0.15) is 5.75 Å². The molecule has 0 bridgehead atoms. The van der Waals surface area contributed by atoms with Crippen molar-refractivity contribution in [1.29, 1.82) is 0 Å². The van der Waals surface area contributed by atoms with Gasteiger partial charge < -0.3 is 15.2 Å². The van der Waals surface area contributed by atoms with Crippen molar-refractivity contribution in [1.82, 2.24) is 0 Å². The van der Waals surface area contributed by atoms with Gasteiger partial charge in [-0.1, -0.05) is 0 Å². The monoisotopic (exact) mass is 350 g/mol. The third kappa shape index (κ3) is 4.03. The zero-order chi connectivity index (χ0) is 17.7. The van der Waals surface area contributed by atoms with Crippen molar-refractivity contribution in [3.05, 3.63) is 53.6 Å². The molecular formula is C16H18N2O5S. The molecule has 3 N–H and O–H groups in total. The largest absolute Gasteiger partial charge is 0.497 e. The molecule has 0 amide bonds. The third-order valence-corrected chi connectivity index (χ3v) is 4.67. The number of carbonyl (C=O) groups excluding carboxylic acids is 1. The molecule has 0 aliphatic heterocycles. The minimum absolute atomic E-state index is 0.0704. The lowest BCUT2D eigenvalue weighted by molar-refractivity contribution is 0.0600. The Balaban J connectivity index is 2.35. The molecule has 24 heavy (non-hydrogen) atoms. The van der Waals surface area contributed by atoms with E-state index in [1.165, 1.54) is 32.4 Å². The Bertz CT molecular complexity index is 832. The van der Waals surface area contributed by atoms with E-state index in [1.54, 1.807) is 24.3 Å². The van der Waals surface area contributed by atoms with E-state index in [4.69, 9.17) is 10.5 Å². The maximum atomic E-state index is 12.5. The number of nitrogens with two attached hydrogens (primary N) is 1. The van der Waals surface area contributed by atoms with Crippen LogP contribution in [0.2, 0.25) is 0 Å². The third-order valence-electron chi connectivity index (χ3n) is 3.27. The van der Waals surface area contributed by atoms with Crippen molar-refractivity contribution in [3.63, 3.8) is 0 Å². The van der Waals surface area contributed by atoms with E-state index >= 15 is 0 Å². The van der Waals surface area contributed by atoms with Gasteiger partial charge in [-0.2, -0.15) is 0 Å². The van der Waals surface area contributed by atoms with Gasteiger partial charge in [-0.25, -0.2) is 13.2 Å². The molecule has 2 aromatic rings. The van der Waals surface area contributed by atoms with Gasteiger partial charge in [0.2, 0.25) is 0 Å². The van der Waals surface area contributed by atoms with Crippen LogP contribution in [0.4, 0.5) is 5.69 Å². The van der Waals surface area contributed by atoms with Gasteiger partial charge in [0.15, 0.2) is 0 Å². The molecule has 0 spiro atoms. The summed E-state index contributed by atoms with van der Waals surface area (Å²) in [4.78, 5) is 11.8. The van der Waals surface area contributed by atoms with Crippen LogP contribution in [0.15, 0.2) is 47.4 Å². The second kappa shape index (κ2) is 7.33. The molecule has 8 heteroatoms. The smallest absolute Gasteiger partial charge is 0.337 e. The SMILES string of the molecule is COC(=O)c1cc(CN)cc(NS(=O)(=O)c2ccc(OC)cc2)c1. The van der Waals surface area contributed by atoms with Crippen molar-refractivity contribution >= 4 is 21.7 Å². The lowest BCUT2D eigenvalue weighted by Crippen LogP contribution is -2.14. The van der Waals surface area contributed by atoms with Crippen molar-refractivity contribution in [2.75, 3.05) is 18.9 Å². The van der Waals surface area contributed by atoms with E-state index < -0.39 is 16.0 Å². The molecule has 128 valence electrons. The number of benzene rings is 2. The lowest BCUT2D eigenvalue weighted by Gasteiger charge is -2.11. The summed E-state index contributed by atoms with van der Waals surface area (Å²) < 4.78 is 37.0. The van der Waals surface area contributed by atoms with Gasteiger partial charge in [-0.15, -0.1) is 0 Å². The van der Waals surface area contributed by atoms with Gasteiger partial charge in [0.05, 0.1) is 24.7 Å². The Labute approximate surface area is 140 Å². The summed E-state index contributed by atoms with van der Waals surface area (Å²) in [6, 6.07) is 10.5.